The predicted molar refractivity (Wildman–Crippen MR) is 104 cm³/mol. The average Bonchev–Trinajstić information content (AvgIpc) is 3.04. The maximum atomic E-state index is 4.61. The van der Waals surface area contributed by atoms with Crippen LogP contribution in [0.15, 0.2) is 21.8 Å². The van der Waals surface area contributed by atoms with Crippen molar-refractivity contribution >= 4 is 41.3 Å². The molecule has 2 N–H and O–H groups in total. The summed E-state index contributed by atoms with van der Waals surface area (Å²) in [6.07, 6.45) is 0. The first kappa shape index (κ1) is 19.0. The highest BCUT2D eigenvalue weighted by atomic mass is 127. The molecule has 2 heterocycles. The monoisotopic (exact) mass is 433 g/mol. The van der Waals surface area contributed by atoms with Gasteiger partial charge in [0.2, 0.25) is 0 Å². The normalized spacial score (nSPS) is 11.2. The van der Waals surface area contributed by atoms with Crippen LogP contribution < -0.4 is 10.6 Å². The van der Waals surface area contributed by atoms with E-state index in [9.17, 15) is 0 Å². The van der Waals surface area contributed by atoms with Crippen LogP contribution >= 0.6 is 35.3 Å². The second kappa shape index (κ2) is 9.14. The van der Waals surface area contributed by atoms with Crippen molar-refractivity contribution in [3.63, 3.8) is 0 Å². The van der Waals surface area contributed by atoms with Gasteiger partial charge in [0.25, 0.3) is 0 Å². The molecule has 7 heteroatoms. The Bertz CT molecular complexity index is 604. The molecule has 0 radical (unpaired) electrons. The van der Waals surface area contributed by atoms with Crippen LogP contribution in [0.2, 0.25) is 0 Å². The van der Waals surface area contributed by atoms with E-state index >= 15 is 0 Å². The topological polar surface area (TPSA) is 54.2 Å². The van der Waals surface area contributed by atoms with E-state index in [2.05, 4.69) is 51.4 Å². The second-order valence-corrected chi connectivity index (χ2v) is 5.73. The van der Waals surface area contributed by atoms with Gasteiger partial charge in [-0.1, -0.05) is 0 Å². The Morgan fingerprint density at radius 2 is 2.14 bits per heavy atom. The van der Waals surface area contributed by atoms with Crippen molar-refractivity contribution in [3.8, 4) is 0 Å². The minimum Gasteiger partial charge on any atom is -0.357 e. The molecule has 0 bridgehead atoms. The Balaban J connectivity index is 0.00000242. The summed E-state index contributed by atoms with van der Waals surface area (Å²) in [6.45, 7) is 8.49. The fourth-order valence-corrected chi connectivity index (χ4v) is 2.80. The molecule has 0 aromatic carbocycles. The molecule has 0 aliphatic heterocycles. The van der Waals surface area contributed by atoms with Gasteiger partial charge in [-0.3, -0.25) is 4.68 Å². The number of halogens is 1. The molecule has 0 amide bonds. The molecule has 2 rings (SSSR count). The van der Waals surface area contributed by atoms with E-state index in [1.54, 1.807) is 11.3 Å². The van der Waals surface area contributed by atoms with Gasteiger partial charge >= 0.3 is 0 Å². The fraction of sp³-hybridized carbons (Fsp3) is 0.467. The molecule has 0 saturated carbocycles. The summed E-state index contributed by atoms with van der Waals surface area (Å²) in [5.74, 6) is 0.839. The lowest BCUT2D eigenvalue weighted by Crippen LogP contribution is -2.37. The molecule has 0 fully saturated rings. The summed E-state index contributed by atoms with van der Waals surface area (Å²) in [4.78, 5) is 4.61. The van der Waals surface area contributed by atoms with Crippen molar-refractivity contribution in [1.82, 2.24) is 20.4 Å². The average molecular weight is 433 g/mol. The maximum Gasteiger partial charge on any atom is 0.191 e. The molecule has 2 aromatic heterocycles. The van der Waals surface area contributed by atoms with E-state index in [4.69, 9.17) is 0 Å². The number of aryl methyl sites for hydroxylation is 2. The van der Waals surface area contributed by atoms with Gasteiger partial charge in [0.05, 0.1) is 12.2 Å². The molecule has 0 saturated heterocycles. The molecule has 0 spiro atoms. The molecule has 5 nitrogen and oxygen atoms in total. The predicted octanol–water partition coefficient (Wildman–Crippen LogP) is 2.97. The number of rotatable bonds is 5. The maximum absolute atomic E-state index is 4.61. The second-order valence-electron chi connectivity index (χ2n) is 4.95. The molecule has 0 atom stereocenters. The first-order valence-corrected chi connectivity index (χ1v) is 8.08. The van der Waals surface area contributed by atoms with Gasteiger partial charge in [0.15, 0.2) is 5.96 Å². The summed E-state index contributed by atoms with van der Waals surface area (Å²) in [5.41, 5.74) is 4.73. The third-order valence-corrected chi connectivity index (χ3v) is 4.17. The first-order chi connectivity index (χ1) is 10.1. The van der Waals surface area contributed by atoms with Gasteiger partial charge < -0.3 is 10.6 Å². The van der Waals surface area contributed by atoms with Crippen LogP contribution in [0.5, 0.6) is 0 Å². The Morgan fingerprint density at radius 3 is 2.68 bits per heavy atom. The molecule has 2 aromatic rings. The lowest BCUT2D eigenvalue weighted by Gasteiger charge is -2.11. The Kier molecular flexibility index (Phi) is 7.88. The largest absolute Gasteiger partial charge is 0.357 e. The number of aliphatic imine (C=N–C) groups is 1. The molecular formula is C15H24IN5S. The van der Waals surface area contributed by atoms with Crippen LogP contribution in [0, 0.1) is 13.8 Å². The van der Waals surface area contributed by atoms with Gasteiger partial charge in [0, 0.05) is 31.4 Å². The number of aromatic nitrogens is 2. The summed E-state index contributed by atoms with van der Waals surface area (Å²) in [7, 11) is 1.97. The standard InChI is InChI=1S/C15H23N5S.HI/c1-5-16-15(17-8-13-6-7-21-10-13)18-9-14-11(2)19-20(4)12(14)3;/h6-7,10H,5,8-9H2,1-4H3,(H2,16,17,18);1H. The molecular weight excluding hydrogens is 409 g/mol. The molecule has 22 heavy (non-hydrogen) atoms. The van der Waals surface area contributed by atoms with Gasteiger partial charge in [-0.05, 0) is 43.2 Å². The summed E-state index contributed by atoms with van der Waals surface area (Å²) >= 11 is 1.70. The van der Waals surface area contributed by atoms with Crippen LogP contribution in [-0.4, -0.2) is 22.3 Å². The molecule has 122 valence electrons. The van der Waals surface area contributed by atoms with Crippen LogP contribution in [0.4, 0.5) is 0 Å². The highest BCUT2D eigenvalue weighted by molar-refractivity contribution is 14.0. The van der Waals surface area contributed by atoms with E-state index < -0.39 is 0 Å². The van der Waals surface area contributed by atoms with Crippen LogP contribution in [-0.2, 0) is 20.1 Å². The van der Waals surface area contributed by atoms with Crippen LogP contribution in [0.3, 0.4) is 0 Å². The smallest absolute Gasteiger partial charge is 0.191 e. The number of hydrogen-bond donors (Lipinski definition) is 2. The zero-order valence-corrected chi connectivity index (χ0v) is 16.7. The lowest BCUT2D eigenvalue weighted by molar-refractivity contribution is 0.728. The van der Waals surface area contributed by atoms with Crippen molar-refractivity contribution in [3.05, 3.63) is 39.3 Å². The van der Waals surface area contributed by atoms with Gasteiger partial charge in [-0.2, -0.15) is 16.4 Å². The fourth-order valence-electron chi connectivity index (χ4n) is 2.14. The SMILES string of the molecule is CCNC(=NCc1ccsc1)NCc1c(C)nn(C)c1C.I. The quantitative estimate of drug-likeness (QED) is 0.433. The van der Waals surface area contributed by atoms with Crippen LogP contribution in [0.25, 0.3) is 0 Å². The number of nitrogens with one attached hydrogen (secondary N) is 2. The Hall–Kier alpha value is -1.09. The zero-order valence-electron chi connectivity index (χ0n) is 13.5. The highest BCUT2D eigenvalue weighted by Gasteiger charge is 2.09. The number of hydrogen-bond acceptors (Lipinski definition) is 3. The number of thiophene rings is 1. The van der Waals surface area contributed by atoms with E-state index in [0.717, 1.165) is 24.7 Å². The summed E-state index contributed by atoms with van der Waals surface area (Å²) < 4.78 is 1.92. The third kappa shape index (κ3) is 4.98. The molecule has 0 unspecified atom stereocenters. The van der Waals surface area contributed by atoms with Gasteiger partial charge in [-0.15, -0.1) is 24.0 Å². The van der Waals surface area contributed by atoms with E-state index in [1.807, 2.05) is 18.7 Å². The number of guanidine groups is 1. The minimum atomic E-state index is 0. The van der Waals surface area contributed by atoms with E-state index in [-0.39, 0.29) is 24.0 Å². The van der Waals surface area contributed by atoms with Crippen LogP contribution in [0.1, 0.15) is 29.4 Å². The van der Waals surface area contributed by atoms with Gasteiger partial charge in [0.1, 0.15) is 0 Å². The summed E-state index contributed by atoms with van der Waals surface area (Å²) in [5, 5.41) is 15.3. The molecule has 0 aliphatic rings. The third-order valence-electron chi connectivity index (χ3n) is 3.44. The van der Waals surface area contributed by atoms with Crippen molar-refractivity contribution in [1.29, 1.82) is 0 Å². The number of nitrogens with zero attached hydrogens (tertiary/aromatic N) is 3. The minimum absolute atomic E-state index is 0. The first-order valence-electron chi connectivity index (χ1n) is 7.14. The van der Waals surface area contributed by atoms with Crippen molar-refractivity contribution < 1.29 is 0 Å². The Morgan fingerprint density at radius 1 is 1.36 bits per heavy atom. The molecule has 0 aliphatic carbocycles. The Labute approximate surface area is 153 Å². The van der Waals surface area contributed by atoms with E-state index in [0.29, 0.717) is 6.54 Å². The zero-order chi connectivity index (χ0) is 15.2. The van der Waals surface area contributed by atoms with Crippen molar-refractivity contribution in [2.45, 2.75) is 33.9 Å². The van der Waals surface area contributed by atoms with Crippen molar-refractivity contribution in [2.24, 2.45) is 12.0 Å². The summed E-state index contributed by atoms with van der Waals surface area (Å²) in [6, 6.07) is 2.10. The highest BCUT2D eigenvalue weighted by Crippen LogP contribution is 2.11. The lowest BCUT2D eigenvalue weighted by atomic mass is 10.2. The van der Waals surface area contributed by atoms with Crippen molar-refractivity contribution in [2.75, 3.05) is 6.54 Å². The van der Waals surface area contributed by atoms with Gasteiger partial charge in [-0.25, -0.2) is 4.99 Å². The van der Waals surface area contributed by atoms with E-state index in [1.165, 1.54) is 16.8 Å².